The lowest BCUT2D eigenvalue weighted by Crippen LogP contribution is -2.25. The smallest absolute Gasteiger partial charge is 0.277 e. The van der Waals surface area contributed by atoms with Crippen LogP contribution in [0.3, 0.4) is 0 Å². The van der Waals surface area contributed by atoms with Crippen LogP contribution in [0.4, 0.5) is 0 Å². The minimum absolute atomic E-state index is 0.119. The van der Waals surface area contributed by atoms with Crippen molar-refractivity contribution in [1.29, 1.82) is 0 Å². The maximum Gasteiger partial charge on any atom is 0.277 e. The summed E-state index contributed by atoms with van der Waals surface area (Å²) in [6.45, 7) is 4.73. The summed E-state index contributed by atoms with van der Waals surface area (Å²) in [5.41, 5.74) is 4.23. The first-order valence-electron chi connectivity index (χ1n) is 8.79. The summed E-state index contributed by atoms with van der Waals surface area (Å²) in [5, 5.41) is 7.16. The molecule has 0 aliphatic carbocycles. The third-order valence-corrected chi connectivity index (χ3v) is 4.74. The van der Waals surface area contributed by atoms with Crippen LogP contribution in [-0.2, 0) is 13.1 Å². The highest BCUT2D eigenvalue weighted by molar-refractivity contribution is 5.97. The van der Waals surface area contributed by atoms with Crippen LogP contribution in [0.5, 0.6) is 0 Å². The molecule has 1 N–H and O–H groups in total. The van der Waals surface area contributed by atoms with Gasteiger partial charge < -0.3 is 9.88 Å². The van der Waals surface area contributed by atoms with Gasteiger partial charge in [0.1, 0.15) is 5.52 Å². The fourth-order valence-corrected chi connectivity index (χ4v) is 3.26. The average molecular weight is 361 g/mol. The summed E-state index contributed by atoms with van der Waals surface area (Å²) in [7, 11) is 0. The van der Waals surface area contributed by atoms with E-state index in [0.717, 1.165) is 16.8 Å². The van der Waals surface area contributed by atoms with Crippen molar-refractivity contribution in [2.24, 2.45) is 0 Å². The topological polar surface area (TPSA) is 81.3 Å². The van der Waals surface area contributed by atoms with Gasteiger partial charge in [0.2, 0.25) is 0 Å². The van der Waals surface area contributed by atoms with Crippen LogP contribution < -0.4 is 10.9 Å². The first-order valence-corrected chi connectivity index (χ1v) is 8.79. The molecule has 0 atom stereocenters. The van der Waals surface area contributed by atoms with Gasteiger partial charge in [-0.2, -0.15) is 5.10 Å². The predicted octanol–water partition coefficient (Wildman–Crippen LogP) is 2.30. The van der Waals surface area contributed by atoms with Crippen LogP contribution in [0.1, 0.15) is 28.5 Å². The summed E-state index contributed by atoms with van der Waals surface area (Å²) < 4.78 is 3.28. The average Bonchev–Trinajstić information content (AvgIpc) is 3.17. The van der Waals surface area contributed by atoms with Crippen molar-refractivity contribution < 1.29 is 4.79 Å². The van der Waals surface area contributed by atoms with Crippen molar-refractivity contribution in [3.05, 3.63) is 76.0 Å². The van der Waals surface area contributed by atoms with Crippen LogP contribution in [0.15, 0.2) is 53.6 Å². The Bertz CT molecular complexity index is 1220. The number of carbonyl (C=O) groups is 1. The SMILES string of the molecule is CCn1c(=O)c2ccnn2c2ccc(C(=O)NCc3cccnc3C)cc21. The van der Waals surface area contributed by atoms with E-state index in [-0.39, 0.29) is 11.5 Å². The highest BCUT2D eigenvalue weighted by Gasteiger charge is 2.13. The monoisotopic (exact) mass is 361 g/mol. The molecule has 7 heteroatoms. The van der Waals surface area contributed by atoms with Crippen molar-refractivity contribution in [2.45, 2.75) is 26.9 Å². The first-order chi connectivity index (χ1) is 13.1. The molecule has 3 aromatic heterocycles. The van der Waals surface area contributed by atoms with E-state index in [1.165, 1.54) is 0 Å². The van der Waals surface area contributed by atoms with Crippen molar-refractivity contribution in [1.82, 2.24) is 24.5 Å². The highest BCUT2D eigenvalue weighted by atomic mass is 16.1. The van der Waals surface area contributed by atoms with Gasteiger partial charge in [0, 0.05) is 30.5 Å². The molecular weight excluding hydrogens is 342 g/mol. The summed E-state index contributed by atoms with van der Waals surface area (Å²) in [6.07, 6.45) is 3.33. The van der Waals surface area contributed by atoms with Crippen LogP contribution in [0.25, 0.3) is 16.6 Å². The zero-order valence-electron chi connectivity index (χ0n) is 15.1. The largest absolute Gasteiger partial charge is 0.348 e. The molecular formula is C20H19N5O2. The third kappa shape index (κ3) is 2.87. The molecule has 4 rings (SSSR count). The molecule has 0 bridgehead atoms. The molecule has 27 heavy (non-hydrogen) atoms. The number of aromatic nitrogens is 4. The Morgan fingerprint density at radius 3 is 2.74 bits per heavy atom. The van der Waals surface area contributed by atoms with E-state index >= 15 is 0 Å². The first kappa shape index (κ1) is 17.0. The number of aryl methyl sites for hydroxylation is 2. The lowest BCUT2D eigenvalue weighted by Gasteiger charge is -2.12. The van der Waals surface area contributed by atoms with E-state index in [1.54, 1.807) is 39.7 Å². The lowest BCUT2D eigenvalue weighted by atomic mass is 10.1. The molecule has 0 radical (unpaired) electrons. The van der Waals surface area contributed by atoms with Gasteiger partial charge >= 0.3 is 0 Å². The Labute approximate surface area is 155 Å². The second-order valence-electron chi connectivity index (χ2n) is 6.31. The van der Waals surface area contributed by atoms with Gasteiger partial charge in [0.05, 0.1) is 17.2 Å². The predicted molar refractivity (Wildman–Crippen MR) is 103 cm³/mol. The number of carbonyl (C=O) groups excluding carboxylic acids is 1. The zero-order valence-corrected chi connectivity index (χ0v) is 15.1. The molecule has 4 aromatic rings. The number of benzene rings is 1. The number of amides is 1. The number of nitrogens with zero attached hydrogens (tertiary/aromatic N) is 4. The van der Waals surface area contributed by atoms with Crippen LogP contribution in [0.2, 0.25) is 0 Å². The van der Waals surface area contributed by atoms with Crippen LogP contribution in [0, 0.1) is 6.92 Å². The minimum Gasteiger partial charge on any atom is -0.348 e. The summed E-state index contributed by atoms with van der Waals surface area (Å²) >= 11 is 0. The molecule has 0 saturated carbocycles. The van der Waals surface area contributed by atoms with E-state index in [0.29, 0.717) is 29.7 Å². The minimum atomic E-state index is -0.198. The Hall–Kier alpha value is -3.48. The van der Waals surface area contributed by atoms with Crippen molar-refractivity contribution in [3.8, 4) is 0 Å². The zero-order chi connectivity index (χ0) is 19.0. The third-order valence-electron chi connectivity index (χ3n) is 4.74. The van der Waals surface area contributed by atoms with Gasteiger partial charge in [-0.15, -0.1) is 0 Å². The second kappa shape index (κ2) is 6.68. The van der Waals surface area contributed by atoms with E-state index in [9.17, 15) is 9.59 Å². The number of fused-ring (bicyclic) bond motifs is 3. The molecule has 0 aliphatic rings. The Balaban J connectivity index is 1.72. The van der Waals surface area contributed by atoms with Gasteiger partial charge in [-0.1, -0.05) is 6.07 Å². The number of pyridine rings is 1. The standard InChI is InChI=1S/C20H19N5O2/c1-3-24-18-11-14(19(26)22-12-15-5-4-9-21-13(15)2)6-7-16(18)25-17(20(24)27)8-10-23-25/h4-11H,3,12H2,1-2H3,(H,22,26). The van der Waals surface area contributed by atoms with E-state index in [2.05, 4.69) is 15.4 Å². The maximum atomic E-state index is 12.7. The maximum absolute atomic E-state index is 12.7. The quantitative estimate of drug-likeness (QED) is 0.605. The normalized spacial score (nSPS) is 11.2. The summed E-state index contributed by atoms with van der Waals surface area (Å²) in [4.78, 5) is 29.5. The number of rotatable bonds is 4. The van der Waals surface area contributed by atoms with Crippen LogP contribution in [-0.4, -0.2) is 25.1 Å². The Morgan fingerprint density at radius 1 is 1.11 bits per heavy atom. The summed E-state index contributed by atoms with van der Waals surface area (Å²) in [5.74, 6) is -0.198. The molecule has 136 valence electrons. The lowest BCUT2D eigenvalue weighted by molar-refractivity contribution is 0.0951. The molecule has 0 saturated heterocycles. The molecule has 1 aromatic carbocycles. The van der Waals surface area contributed by atoms with Crippen molar-refractivity contribution in [3.63, 3.8) is 0 Å². The summed E-state index contributed by atoms with van der Waals surface area (Å²) in [6, 6.07) is 10.8. The molecule has 0 unspecified atom stereocenters. The number of hydrogen-bond donors (Lipinski definition) is 1. The van der Waals surface area contributed by atoms with Gasteiger partial charge in [-0.3, -0.25) is 14.6 Å². The number of nitrogens with one attached hydrogen (secondary N) is 1. The Kier molecular flexibility index (Phi) is 4.19. The fourth-order valence-electron chi connectivity index (χ4n) is 3.26. The molecule has 3 heterocycles. The van der Waals surface area contributed by atoms with Crippen molar-refractivity contribution >= 4 is 22.5 Å². The van der Waals surface area contributed by atoms with E-state index < -0.39 is 0 Å². The molecule has 0 fully saturated rings. The van der Waals surface area contributed by atoms with E-state index in [4.69, 9.17) is 0 Å². The van der Waals surface area contributed by atoms with E-state index in [1.807, 2.05) is 32.0 Å². The van der Waals surface area contributed by atoms with Gasteiger partial charge in [0.15, 0.2) is 0 Å². The van der Waals surface area contributed by atoms with Crippen LogP contribution >= 0.6 is 0 Å². The molecule has 7 nitrogen and oxygen atoms in total. The molecule has 0 spiro atoms. The second-order valence-corrected chi connectivity index (χ2v) is 6.31. The fraction of sp³-hybridized carbons (Fsp3) is 0.200. The number of hydrogen-bond acceptors (Lipinski definition) is 4. The van der Waals surface area contributed by atoms with Gasteiger partial charge in [-0.25, -0.2) is 4.52 Å². The van der Waals surface area contributed by atoms with Gasteiger partial charge in [-0.05, 0) is 49.7 Å². The highest BCUT2D eigenvalue weighted by Crippen LogP contribution is 2.16. The Morgan fingerprint density at radius 2 is 1.96 bits per heavy atom. The van der Waals surface area contributed by atoms with Crippen molar-refractivity contribution in [2.75, 3.05) is 0 Å². The molecule has 1 amide bonds. The van der Waals surface area contributed by atoms with Gasteiger partial charge in [0.25, 0.3) is 11.5 Å². The molecule has 0 aliphatic heterocycles.